The van der Waals surface area contributed by atoms with Crippen molar-refractivity contribution in [2.75, 3.05) is 22.1 Å². The van der Waals surface area contributed by atoms with Crippen molar-refractivity contribution in [2.45, 2.75) is 12.1 Å². The molecule has 130 valence electrons. The van der Waals surface area contributed by atoms with E-state index in [0.29, 0.717) is 22.9 Å². The Kier molecular flexibility index (Phi) is 3.57. The van der Waals surface area contributed by atoms with Gasteiger partial charge in [-0.15, -0.1) is 0 Å². The number of ether oxygens (including phenoxy) is 1. The largest absolute Gasteiger partial charge is 0.457 e. The van der Waals surface area contributed by atoms with Crippen molar-refractivity contribution >= 4 is 27.2 Å². The molecule has 2 atom stereocenters. The summed E-state index contributed by atoms with van der Waals surface area (Å²) in [5, 5.41) is 2.74. The summed E-state index contributed by atoms with van der Waals surface area (Å²) in [7, 11) is -3.11. The zero-order chi connectivity index (χ0) is 17.6. The van der Waals surface area contributed by atoms with Gasteiger partial charge in [0.05, 0.1) is 23.6 Å². The highest BCUT2D eigenvalue weighted by Gasteiger charge is 2.49. The maximum atomic E-state index is 12.2. The number of hydrogen-bond donors (Lipinski definition) is 2. The Bertz CT molecular complexity index is 910. The number of nitrogen functional groups attached to an aromatic ring is 1. The topological polar surface area (TPSA) is 102 Å². The van der Waals surface area contributed by atoms with E-state index in [2.05, 4.69) is 5.32 Å². The van der Waals surface area contributed by atoms with Gasteiger partial charge in [0, 0.05) is 11.4 Å². The predicted octanol–water partition coefficient (Wildman–Crippen LogP) is 1.76. The van der Waals surface area contributed by atoms with Crippen LogP contribution < -0.4 is 20.7 Å². The average molecular weight is 359 g/mol. The lowest BCUT2D eigenvalue weighted by molar-refractivity contribution is 0.251. The molecule has 7 nitrogen and oxygen atoms in total. The summed E-state index contributed by atoms with van der Waals surface area (Å²) in [5.74, 6) is 1.25. The van der Waals surface area contributed by atoms with E-state index in [-0.39, 0.29) is 29.6 Å². The summed E-state index contributed by atoms with van der Waals surface area (Å²) in [6.07, 6.45) is 0. The Labute approximate surface area is 145 Å². The smallest absolute Gasteiger partial charge is 0.322 e. The lowest BCUT2D eigenvalue weighted by Gasteiger charge is -2.21. The molecule has 0 radical (unpaired) electrons. The van der Waals surface area contributed by atoms with Gasteiger partial charge in [-0.05, 0) is 48.5 Å². The molecule has 0 spiro atoms. The van der Waals surface area contributed by atoms with Gasteiger partial charge < -0.3 is 15.8 Å². The van der Waals surface area contributed by atoms with Gasteiger partial charge in [-0.25, -0.2) is 13.2 Å². The van der Waals surface area contributed by atoms with Crippen LogP contribution in [0.2, 0.25) is 0 Å². The summed E-state index contributed by atoms with van der Waals surface area (Å²) in [6, 6.07) is 13.1. The highest BCUT2D eigenvalue weighted by Crippen LogP contribution is 2.31. The van der Waals surface area contributed by atoms with Crippen molar-refractivity contribution in [2.24, 2.45) is 0 Å². The summed E-state index contributed by atoms with van der Waals surface area (Å²) < 4.78 is 29.3. The van der Waals surface area contributed by atoms with E-state index in [1.807, 2.05) is 0 Å². The molecule has 3 N–H and O–H groups in total. The Hall–Kier alpha value is -2.74. The van der Waals surface area contributed by atoms with Crippen molar-refractivity contribution in [3.63, 3.8) is 0 Å². The molecule has 0 bridgehead atoms. The average Bonchev–Trinajstić information content (AvgIpc) is 3.00. The molecule has 2 amide bonds. The highest BCUT2D eigenvalue weighted by atomic mass is 32.2. The van der Waals surface area contributed by atoms with Gasteiger partial charge in [-0.1, -0.05) is 0 Å². The van der Waals surface area contributed by atoms with Crippen LogP contribution in [0.1, 0.15) is 0 Å². The van der Waals surface area contributed by atoms with Gasteiger partial charge in [0.25, 0.3) is 0 Å². The van der Waals surface area contributed by atoms with Gasteiger partial charge >= 0.3 is 6.03 Å². The van der Waals surface area contributed by atoms with E-state index < -0.39 is 9.84 Å². The first-order chi connectivity index (χ1) is 11.9. The quantitative estimate of drug-likeness (QED) is 0.642. The fraction of sp³-hybridized carbons (Fsp3) is 0.235. The maximum absolute atomic E-state index is 12.2. The molecule has 0 aromatic heterocycles. The minimum absolute atomic E-state index is 0.00175. The third kappa shape index (κ3) is 3.00. The lowest BCUT2D eigenvalue weighted by Crippen LogP contribution is -2.36. The molecule has 2 saturated heterocycles. The number of sulfone groups is 1. The number of nitrogens with one attached hydrogen (secondary N) is 1. The molecular weight excluding hydrogens is 342 g/mol. The van der Waals surface area contributed by atoms with E-state index in [1.165, 1.54) is 4.90 Å². The van der Waals surface area contributed by atoms with Crippen LogP contribution in [0.3, 0.4) is 0 Å². The predicted molar refractivity (Wildman–Crippen MR) is 94.6 cm³/mol. The first-order valence-electron chi connectivity index (χ1n) is 7.85. The third-order valence-electron chi connectivity index (χ3n) is 4.41. The van der Waals surface area contributed by atoms with Gasteiger partial charge in [-0.2, -0.15) is 0 Å². The molecule has 2 heterocycles. The molecule has 2 aliphatic heterocycles. The zero-order valence-electron chi connectivity index (χ0n) is 13.3. The number of fused-ring (bicyclic) bond motifs is 1. The fourth-order valence-corrected chi connectivity index (χ4v) is 5.15. The van der Waals surface area contributed by atoms with Crippen molar-refractivity contribution in [3.05, 3.63) is 48.5 Å². The number of hydrogen-bond acceptors (Lipinski definition) is 5. The van der Waals surface area contributed by atoms with E-state index in [4.69, 9.17) is 10.5 Å². The van der Waals surface area contributed by atoms with Crippen molar-refractivity contribution in [3.8, 4) is 11.5 Å². The summed E-state index contributed by atoms with van der Waals surface area (Å²) >= 11 is 0. The van der Waals surface area contributed by atoms with Gasteiger partial charge in [-0.3, -0.25) is 4.90 Å². The molecule has 2 aliphatic rings. The van der Waals surface area contributed by atoms with Gasteiger partial charge in [0.1, 0.15) is 11.5 Å². The Morgan fingerprint density at radius 1 is 1.00 bits per heavy atom. The van der Waals surface area contributed by atoms with E-state index in [1.54, 1.807) is 48.5 Å². The number of nitrogens with zero attached hydrogens (tertiary/aromatic N) is 1. The Morgan fingerprint density at radius 3 is 2.24 bits per heavy atom. The monoisotopic (exact) mass is 359 g/mol. The van der Waals surface area contributed by atoms with Crippen LogP contribution in [-0.4, -0.2) is 38.0 Å². The van der Waals surface area contributed by atoms with Crippen LogP contribution >= 0.6 is 0 Å². The minimum Gasteiger partial charge on any atom is -0.457 e. The number of benzene rings is 2. The first-order valence-corrected chi connectivity index (χ1v) is 9.67. The normalized spacial score (nSPS) is 24.0. The number of urea groups is 1. The van der Waals surface area contributed by atoms with Crippen LogP contribution in [-0.2, 0) is 9.84 Å². The van der Waals surface area contributed by atoms with Crippen LogP contribution in [0, 0.1) is 0 Å². The Morgan fingerprint density at radius 2 is 1.60 bits per heavy atom. The van der Waals surface area contributed by atoms with Crippen LogP contribution in [0.5, 0.6) is 11.5 Å². The van der Waals surface area contributed by atoms with Crippen LogP contribution in [0.25, 0.3) is 0 Å². The summed E-state index contributed by atoms with van der Waals surface area (Å²) in [5.41, 5.74) is 6.94. The number of amides is 2. The van der Waals surface area contributed by atoms with Crippen LogP contribution in [0.15, 0.2) is 48.5 Å². The molecule has 25 heavy (non-hydrogen) atoms. The van der Waals surface area contributed by atoms with Gasteiger partial charge in [0.15, 0.2) is 9.84 Å². The molecular formula is C17H17N3O4S. The fourth-order valence-electron chi connectivity index (χ4n) is 3.26. The second-order valence-electron chi connectivity index (χ2n) is 6.24. The first kappa shape index (κ1) is 15.8. The van der Waals surface area contributed by atoms with Crippen molar-refractivity contribution < 1.29 is 17.9 Å². The molecule has 2 fully saturated rings. The number of carbonyl (C=O) groups excluding carboxylic acids is 1. The Balaban J connectivity index is 1.53. The molecule has 2 aromatic carbocycles. The SMILES string of the molecule is Nc1ccc(Oc2ccc(N3C(=O)N[C@H]4CS(=O)(=O)C[C@H]43)cc2)cc1. The molecule has 0 unspecified atom stereocenters. The standard InChI is InChI=1S/C17H17N3O4S/c18-11-1-5-13(6-2-11)24-14-7-3-12(4-8-14)20-16-10-25(22,23)9-15(16)19-17(20)21/h1-8,15-16H,9-10,18H2,(H,19,21)/t15-,16+/m0/s1. The van der Waals surface area contributed by atoms with E-state index in [0.717, 1.165) is 0 Å². The maximum Gasteiger partial charge on any atom is 0.322 e. The minimum atomic E-state index is -3.11. The second-order valence-corrected chi connectivity index (χ2v) is 8.39. The lowest BCUT2D eigenvalue weighted by atomic mass is 10.1. The summed E-state index contributed by atoms with van der Waals surface area (Å²) in [4.78, 5) is 13.7. The number of carbonyl (C=O) groups is 1. The number of nitrogens with two attached hydrogens (primary N) is 1. The highest BCUT2D eigenvalue weighted by molar-refractivity contribution is 7.91. The molecule has 0 aliphatic carbocycles. The molecule has 8 heteroatoms. The number of anilines is 2. The number of rotatable bonds is 3. The second kappa shape index (κ2) is 5.66. The van der Waals surface area contributed by atoms with E-state index in [9.17, 15) is 13.2 Å². The van der Waals surface area contributed by atoms with Crippen LogP contribution in [0.4, 0.5) is 16.2 Å². The molecule has 4 rings (SSSR count). The van der Waals surface area contributed by atoms with E-state index >= 15 is 0 Å². The third-order valence-corrected chi connectivity index (χ3v) is 6.13. The van der Waals surface area contributed by atoms with Gasteiger partial charge in [0.2, 0.25) is 0 Å². The van der Waals surface area contributed by atoms with Crippen molar-refractivity contribution in [1.29, 1.82) is 0 Å². The molecule has 2 aromatic rings. The summed E-state index contributed by atoms with van der Waals surface area (Å²) in [6.45, 7) is 0. The van der Waals surface area contributed by atoms with Crippen molar-refractivity contribution in [1.82, 2.24) is 5.32 Å². The molecule has 0 saturated carbocycles. The zero-order valence-corrected chi connectivity index (χ0v) is 14.1.